The molecule has 0 aliphatic heterocycles. The first-order valence-corrected chi connectivity index (χ1v) is 6.39. The largest absolute Gasteiger partial charge is 0.506 e. The number of halogens is 3. The van der Waals surface area contributed by atoms with Crippen molar-refractivity contribution in [3.8, 4) is 11.5 Å². The molecule has 2 N–H and O–H groups in total. The van der Waals surface area contributed by atoms with Gasteiger partial charge in [-0.1, -0.05) is 11.6 Å². The number of phenols is 2. The predicted molar refractivity (Wildman–Crippen MR) is 53.2 cm³/mol. The van der Waals surface area contributed by atoms with Gasteiger partial charge in [0.2, 0.25) is 9.05 Å². The van der Waals surface area contributed by atoms with E-state index in [1.807, 2.05) is 0 Å². The first kappa shape index (κ1) is 12.4. The Labute approximate surface area is 94.3 Å². The van der Waals surface area contributed by atoms with Crippen LogP contribution in [0.4, 0.5) is 4.39 Å². The van der Waals surface area contributed by atoms with Gasteiger partial charge in [-0.2, -0.15) is 0 Å². The van der Waals surface area contributed by atoms with Gasteiger partial charge >= 0.3 is 0 Å². The highest BCUT2D eigenvalue weighted by Crippen LogP contribution is 2.38. The molecule has 0 saturated carbocycles. The molecular weight excluding hydrogens is 270 g/mol. The van der Waals surface area contributed by atoms with Gasteiger partial charge in [-0.3, -0.25) is 0 Å². The Morgan fingerprint density at radius 3 is 2.33 bits per heavy atom. The van der Waals surface area contributed by atoms with Crippen LogP contribution in [-0.2, 0) is 14.8 Å². The molecule has 8 heteroatoms. The molecule has 1 aromatic carbocycles. The van der Waals surface area contributed by atoms with Gasteiger partial charge in [0.25, 0.3) is 0 Å². The molecule has 0 spiro atoms. The van der Waals surface area contributed by atoms with Crippen LogP contribution in [0, 0.1) is 5.82 Å². The van der Waals surface area contributed by atoms with Crippen molar-refractivity contribution in [1.82, 2.24) is 0 Å². The van der Waals surface area contributed by atoms with Crippen LogP contribution >= 0.6 is 22.3 Å². The number of rotatable bonds is 2. The second-order valence-electron chi connectivity index (χ2n) is 2.71. The first-order valence-electron chi connectivity index (χ1n) is 3.53. The predicted octanol–water partition coefficient (Wildman–Crippen LogP) is 1.96. The van der Waals surface area contributed by atoms with E-state index in [1.165, 1.54) is 0 Å². The molecule has 84 valence electrons. The van der Waals surface area contributed by atoms with Crippen LogP contribution < -0.4 is 0 Å². The van der Waals surface area contributed by atoms with Crippen LogP contribution in [0.25, 0.3) is 0 Å². The van der Waals surface area contributed by atoms with Gasteiger partial charge in [-0.05, 0) is 6.07 Å². The molecule has 0 amide bonds. The van der Waals surface area contributed by atoms with Crippen molar-refractivity contribution in [2.24, 2.45) is 0 Å². The fourth-order valence-electron chi connectivity index (χ4n) is 0.943. The molecule has 0 heterocycles. The van der Waals surface area contributed by atoms with Gasteiger partial charge in [0.15, 0.2) is 11.6 Å². The summed E-state index contributed by atoms with van der Waals surface area (Å²) < 4.78 is 34.3. The standard InChI is InChI=1S/C7H5Cl2FO4S/c8-5-6(11)3(2-15(9,13)14)1-4(10)7(5)12/h1,11-12H,2H2. The molecular formula is C7H5Cl2FO4S. The molecule has 0 fully saturated rings. The minimum Gasteiger partial charge on any atom is -0.506 e. The van der Waals surface area contributed by atoms with Crippen molar-refractivity contribution in [3.63, 3.8) is 0 Å². The summed E-state index contributed by atoms with van der Waals surface area (Å²) in [5, 5.41) is 17.6. The fourth-order valence-corrected chi connectivity index (χ4v) is 2.10. The van der Waals surface area contributed by atoms with Crippen LogP contribution in [0.1, 0.15) is 5.56 Å². The third kappa shape index (κ3) is 2.87. The van der Waals surface area contributed by atoms with E-state index in [-0.39, 0.29) is 5.56 Å². The van der Waals surface area contributed by atoms with E-state index in [1.54, 1.807) is 0 Å². The zero-order valence-corrected chi connectivity index (χ0v) is 9.37. The average molecular weight is 275 g/mol. The van der Waals surface area contributed by atoms with Crippen LogP contribution in [0.15, 0.2) is 6.07 Å². The van der Waals surface area contributed by atoms with Crippen molar-refractivity contribution < 1.29 is 23.0 Å². The summed E-state index contributed by atoms with van der Waals surface area (Å²) in [6.45, 7) is 0. The molecule has 0 radical (unpaired) electrons. The summed E-state index contributed by atoms with van der Waals surface area (Å²) >= 11 is 5.34. The van der Waals surface area contributed by atoms with Gasteiger partial charge in [0.1, 0.15) is 10.8 Å². The van der Waals surface area contributed by atoms with Crippen LogP contribution in [-0.4, -0.2) is 18.6 Å². The summed E-state index contributed by atoms with van der Waals surface area (Å²) in [5.41, 5.74) is -0.315. The smallest absolute Gasteiger partial charge is 0.236 e. The lowest BCUT2D eigenvalue weighted by Gasteiger charge is -2.06. The van der Waals surface area contributed by atoms with Crippen molar-refractivity contribution >= 4 is 31.3 Å². The summed E-state index contributed by atoms with van der Waals surface area (Å²) in [6, 6.07) is 0.649. The van der Waals surface area contributed by atoms with E-state index in [0.717, 1.165) is 0 Å². The van der Waals surface area contributed by atoms with E-state index < -0.39 is 37.1 Å². The van der Waals surface area contributed by atoms with E-state index in [9.17, 15) is 17.9 Å². The number of aromatic hydroxyl groups is 2. The van der Waals surface area contributed by atoms with Gasteiger partial charge in [-0.15, -0.1) is 0 Å². The maximum Gasteiger partial charge on any atom is 0.236 e. The number of hydrogen-bond acceptors (Lipinski definition) is 4. The normalized spacial score (nSPS) is 11.7. The molecule has 1 aromatic rings. The monoisotopic (exact) mass is 274 g/mol. The average Bonchev–Trinajstić information content (AvgIpc) is 2.08. The molecule has 0 aliphatic rings. The van der Waals surface area contributed by atoms with Crippen LogP contribution in [0.5, 0.6) is 11.5 Å². The van der Waals surface area contributed by atoms with E-state index >= 15 is 0 Å². The van der Waals surface area contributed by atoms with Gasteiger partial charge in [-0.25, -0.2) is 12.8 Å². The Kier molecular flexibility index (Phi) is 3.32. The van der Waals surface area contributed by atoms with Crippen molar-refractivity contribution in [2.75, 3.05) is 0 Å². The summed E-state index contributed by atoms with van der Waals surface area (Å²) in [6.07, 6.45) is 0. The third-order valence-corrected chi connectivity index (χ3v) is 2.92. The summed E-state index contributed by atoms with van der Waals surface area (Å²) in [4.78, 5) is 0. The molecule has 0 atom stereocenters. The second-order valence-corrected chi connectivity index (χ2v) is 5.87. The maximum atomic E-state index is 12.9. The first-order chi connectivity index (χ1) is 6.72. The topological polar surface area (TPSA) is 74.6 Å². The van der Waals surface area contributed by atoms with E-state index in [4.69, 9.17) is 27.4 Å². The highest BCUT2D eigenvalue weighted by Gasteiger charge is 2.19. The Hall–Kier alpha value is -0.720. The SMILES string of the molecule is O=S(=O)(Cl)Cc1cc(F)c(O)c(Cl)c1O. The van der Waals surface area contributed by atoms with Crippen LogP contribution in [0.2, 0.25) is 5.02 Å². The molecule has 0 aromatic heterocycles. The molecule has 0 aliphatic carbocycles. The molecule has 15 heavy (non-hydrogen) atoms. The zero-order valence-electron chi connectivity index (χ0n) is 7.04. The lowest BCUT2D eigenvalue weighted by atomic mass is 10.2. The van der Waals surface area contributed by atoms with Crippen molar-refractivity contribution in [1.29, 1.82) is 0 Å². The van der Waals surface area contributed by atoms with E-state index in [0.29, 0.717) is 6.07 Å². The Bertz CT molecular complexity index is 500. The Balaban J connectivity index is 3.33. The molecule has 0 unspecified atom stereocenters. The number of hydrogen-bond donors (Lipinski definition) is 2. The Morgan fingerprint density at radius 1 is 1.33 bits per heavy atom. The molecule has 0 bridgehead atoms. The zero-order chi connectivity index (χ0) is 11.8. The summed E-state index contributed by atoms with van der Waals surface area (Å²) in [7, 11) is 0.976. The minimum absolute atomic E-state index is 0.315. The quantitative estimate of drug-likeness (QED) is 0.809. The maximum absolute atomic E-state index is 12.9. The van der Waals surface area contributed by atoms with Gasteiger partial charge in [0.05, 0.1) is 5.75 Å². The summed E-state index contributed by atoms with van der Waals surface area (Å²) in [5.74, 6) is -3.56. The van der Waals surface area contributed by atoms with E-state index in [2.05, 4.69) is 0 Å². The van der Waals surface area contributed by atoms with Gasteiger partial charge in [0, 0.05) is 16.2 Å². The third-order valence-electron chi connectivity index (χ3n) is 1.58. The minimum atomic E-state index is -3.94. The lowest BCUT2D eigenvalue weighted by molar-refractivity contribution is 0.417. The number of benzene rings is 1. The molecule has 4 nitrogen and oxygen atoms in total. The number of phenolic OH excluding ortho intramolecular Hbond substituents is 2. The van der Waals surface area contributed by atoms with Crippen molar-refractivity contribution in [3.05, 3.63) is 22.5 Å². The highest BCUT2D eigenvalue weighted by molar-refractivity contribution is 8.13. The van der Waals surface area contributed by atoms with Gasteiger partial charge < -0.3 is 10.2 Å². The highest BCUT2D eigenvalue weighted by atomic mass is 35.7. The Morgan fingerprint density at radius 2 is 1.87 bits per heavy atom. The molecule has 1 rings (SSSR count). The molecule has 0 saturated heterocycles. The second kappa shape index (κ2) is 4.03. The fraction of sp³-hybridized carbons (Fsp3) is 0.143. The van der Waals surface area contributed by atoms with Crippen molar-refractivity contribution in [2.45, 2.75) is 5.75 Å². The van der Waals surface area contributed by atoms with Crippen LogP contribution in [0.3, 0.4) is 0 Å². The lowest BCUT2D eigenvalue weighted by Crippen LogP contribution is -1.97.